The van der Waals surface area contributed by atoms with Crippen LogP contribution in [0.2, 0.25) is 0 Å². The molecule has 5 nitrogen and oxygen atoms in total. The zero-order valence-electron chi connectivity index (χ0n) is 18.5. The Morgan fingerprint density at radius 2 is 1.90 bits per heavy atom. The van der Waals surface area contributed by atoms with Gasteiger partial charge in [-0.25, -0.2) is 4.39 Å². The normalized spacial score (nSPS) is 18.2. The fourth-order valence-electron chi connectivity index (χ4n) is 4.10. The number of aliphatic hydroxyl groups is 1. The molecule has 0 aliphatic carbocycles. The summed E-state index contributed by atoms with van der Waals surface area (Å²) in [4.78, 5) is 27.1. The van der Waals surface area contributed by atoms with Gasteiger partial charge in [-0.05, 0) is 48.6 Å². The number of methoxy groups -OCH3 is 1. The molecule has 31 heavy (non-hydrogen) atoms. The maximum absolute atomic E-state index is 14.7. The van der Waals surface area contributed by atoms with E-state index < -0.39 is 23.5 Å². The van der Waals surface area contributed by atoms with Crippen molar-refractivity contribution in [2.45, 2.75) is 46.1 Å². The Morgan fingerprint density at radius 1 is 1.23 bits per heavy atom. The molecular weight excluding hydrogens is 397 g/mol. The molecule has 2 aromatic rings. The Bertz CT molecular complexity index is 1060. The predicted molar refractivity (Wildman–Crippen MR) is 118 cm³/mol. The highest BCUT2D eigenvalue weighted by atomic mass is 19.1. The minimum Gasteiger partial charge on any atom is -0.507 e. The first-order chi connectivity index (χ1) is 14.7. The van der Waals surface area contributed by atoms with E-state index in [2.05, 4.69) is 0 Å². The van der Waals surface area contributed by atoms with Crippen molar-refractivity contribution in [3.8, 4) is 5.75 Å². The minimum atomic E-state index is -0.981. The second-order valence-corrected chi connectivity index (χ2v) is 8.08. The van der Waals surface area contributed by atoms with Crippen LogP contribution in [-0.2, 0) is 9.59 Å². The highest BCUT2D eigenvalue weighted by Crippen LogP contribution is 2.42. The molecule has 2 aromatic carbocycles. The number of carbonyl (C=O) groups excluding carboxylic acids is 2. The van der Waals surface area contributed by atoms with Crippen LogP contribution in [0.1, 0.15) is 61.4 Å². The number of aryl methyl sites for hydroxylation is 1. The van der Waals surface area contributed by atoms with Crippen molar-refractivity contribution in [3.05, 3.63) is 70.0 Å². The molecule has 1 atom stereocenters. The molecule has 1 aliphatic rings. The number of amides is 1. The number of halogens is 1. The fraction of sp³-hybridized carbons (Fsp3) is 0.360. The zero-order chi connectivity index (χ0) is 22.9. The summed E-state index contributed by atoms with van der Waals surface area (Å²) in [5.74, 6) is -1.58. The zero-order valence-corrected chi connectivity index (χ0v) is 18.5. The summed E-state index contributed by atoms with van der Waals surface area (Å²) in [5, 5.41) is 11.3. The first kappa shape index (κ1) is 22.5. The third kappa shape index (κ3) is 3.94. The smallest absolute Gasteiger partial charge is 0.295 e. The Hall–Kier alpha value is -3.15. The Labute approximate surface area is 182 Å². The van der Waals surface area contributed by atoms with Crippen molar-refractivity contribution in [3.63, 3.8) is 0 Å². The summed E-state index contributed by atoms with van der Waals surface area (Å²) in [6.07, 6.45) is 0.594. The lowest BCUT2D eigenvalue weighted by molar-refractivity contribution is -0.139. The third-order valence-corrected chi connectivity index (χ3v) is 5.66. The van der Waals surface area contributed by atoms with Crippen molar-refractivity contribution in [2.24, 2.45) is 0 Å². The van der Waals surface area contributed by atoms with Crippen molar-refractivity contribution in [1.29, 1.82) is 0 Å². The van der Waals surface area contributed by atoms with Gasteiger partial charge in [-0.2, -0.15) is 0 Å². The van der Waals surface area contributed by atoms with E-state index in [9.17, 15) is 19.1 Å². The van der Waals surface area contributed by atoms with Gasteiger partial charge in [-0.1, -0.05) is 39.0 Å². The number of hydrogen-bond acceptors (Lipinski definition) is 4. The lowest BCUT2D eigenvalue weighted by Crippen LogP contribution is -2.30. The van der Waals surface area contributed by atoms with Crippen molar-refractivity contribution in [2.75, 3.05) is 13.7 Å². The molecule has 1 heterocycles. The highest BCUT2D eigenvalue weighted by molar-refractivity contribution is 6.46. The van der Waals surface area contributed by atoms with Crippen LogP contribution in [0.25, 0.3) is 5.76 Å². The van der Waals surface area contributed by atoms with E-state index in [1.165, 1.54) is 11.0 Å². The molecule has 0 aromatic heterocycles. The van der Waals surface area contributed by atoms with Gasteiger partial charge < -0.3 is 14.7 Å². The van der Waals surface area contributed by atoms with Gasteiger partial charge in [0.25, 0.3) is 11.7 Å². The summed E-state index contributed by atoms with van der Waals surface area (Å²) < 4.78 is 20.2. The number of benzene rings is 2. The number of nitrogens with zero attached hydrogens (tertiary/aromatic N) is 1. The van der Waals surface area contributed by atoms with Crippen LogP contribution in [0.5, 0.6) is 5.75 Å². The van der Waals surface area contributed by atoms with Crippen LogP contribution < -0.4 is 4.74 Å². The summed E-state index contributed by atoms with van der Waals surface area (Å²) >= 11 is 0. The molecular formula is C25H28FNO4. The summed E-state index contributed by atoms with van der Waals surface area (Å²) in [6, 6.07) is 8.63. The van der Waals surface area contributed by atoms with Gasteiger partial charge in [0.1, 0.15) is 17.3 Å². The molecule has 3 rings (SSSR count). The van der Waals surface area contributed by atoms with Crippen LogP contribution in [-0.4, -0.2) is 35.4 Å². The summed E-state index contributed by atoms with van der Waals surface area (Å²) in [6.45, 7) is 7.94. The van der Waals surface area contributed by atoms with Crippen molar-refractivity contribution < 1.29 is 23.8 Å². The first-order valence-electron chi connectivity index (χ1n) is 10.4. The van der Waals surface area contributed by atoms with Crippen molar-refractivity contribution >= 4 is 17.4 Å². The number of ketones is 1. The van der Waals surface area contributed by atoms with Gasteiger partial charge >= 0.3 is 0 Å². The molecule has 1 N–H and O–H groups in total. The lowest BCUT2D eigenvalue weighted by Gasteiger charge is -2.25. The predicted octanol–water partition coefficient (Wildman–Crippen LogP) is 5.10. The van der Waals surface area contributed by atoms with Gasteiger partial charge in [-0.3, -0.25) is 9.59 Å². The maximum atomic E-state index is 14.7. The van der Waals surface area contributed by atoms with Crippen LogP contribution in [0, 0.1) is 12.7 Å². The Kier molecular flexibility index (Phi) is 6.48. The maximum Gasteiger partial charge on any atom is 0.295 e. The van der Waals surface area contributed by atoms with Gasteiger partial charge in [-0.15, -0.1) is 0 Å². The molecule has 0 saturated carbocycles. The number of rotatable bonds is 6. The summed E-state index contributed by atoms with van der Waals surface area (Å²) in [5.41, 5.74) is 2.08. The minimum absolute atomic E-state index is 0.0912. The van der Waals surface area contributed by atoms with E-state index in [1.807, 2.05) is 20.8 Å². The first-order valence-corrected chi connectivity index (χ1v) is 10.4. The molecule has 1 aliphatic heterocycles. The van der Waals surface area contributed by atoms with Crippen LogP contribution in [0.4, 0.5) is 4.39 Å². The SMILES string of the molecule is CCCN1C(=O)C(=O)/C(=C(/O)c2cc(C(C)C)c(OC)cc2C)C1c1ccccc1F. The number of likely N-dealkylation sites (tertiary alicyclic amines) is 1. The molecule has 1 fully saturated rings. The molecule has 164 valence electrons. The van der Waals surface area contributed by atoms with E-state index in [4.69, 9.17) is 4.74 Å². The van der Waals surface area contributed by atoms with Crippen LogP contribution in [0.15, 0.2) is 42.0 Å². The highest BCUT2D eigenvalue weighted by Gasteiger charge is 2.46. The molecule has 0 radical (unpaired) electrons. The van der Waals surface area contributed by atoms with Gasteiger partial charge in [0.05, 0.1) is 18.7 Å². The molecule has 1 saturated heterocycles. The number of ether oxygens (including phenoxy) is 1. The van der Waals surface area contributed by atoms with E-state index in [1.54, 1.807) is 44.4 Å². The average molecular weight is 426 g/mol. The van der Waals surface area contributed by atoms with E-state index in [0.29, 0.717) is 23.3 Å². The van der Waals surface area contributed by atoms with E-state index in [0.717, 1.165) is 5.56 Å². The van der Waals surface area contributed by atoms with Crippen LogP contribution in [0.3, 0.4) is 0 Å². The molecule has 1 unspecified atom stereocenters. The molecule has 6 heteroatoms. The Balaban J connectivity index is 2.29. The average Bonchev–Trinajstić information content (AvgIpc) is 2.98. The third-order valence-electron chi connectivity index (χ3n) is 5.66. The quantitative estimate of drug-likeness (QED) is 0.397. The molecule has 1 amide bonds. The molecule has 0 bridgehead atoms. The lowest BCUT2D eigenvalue weighted by atomic mass is 9.91. The Morgan fingerprint density at radius 3 is 2.48 bits per heavy atom. The van der Waals surface area contributed by atoms with E-state index in [-0.39, 0.29) is 29.4 Å². The second kappa shape index (κ2) is 8.92. The molecule has 0 spiro atoms. The van der Waals surface area contributed by atoms with Gasteiger partial charge in [0, 0.05) is 17.7 Å². The topological polar surface area (TPSA) is 66.8 Å². The number of aliphatic hydroxyl groups excluding tert-OH is 1. The number of carbonyl (C=O) groups is 2. The van der Waals surface area contributed by atoms with E-state index >= 15 is 0 Å². The van der Waals surface area contributed by atoms with Crippen LogP contribution >= 0.6 is 0 Å². The van der Waals surface area contributed by atoms with Gasteiger partial charge in [0.2, 0.25) is 0 Å². The van der Waals surface area contributed by atoms with Crippen molar-refractivity contribution in [1.82, 2.24) is 4.90 Å². The summed E-state index contributed by atoms with van der Waals surface area (Å²) in [7, 11) is 1.58. The van der Waals surface area contributed by atoms with Gasteiger partial charge in [0.15, 0.2) is 0 Å². The standard InChI is InChI=1S/C25H28FNO4/c1-6-11-27-22(16-9-7-8-10-19(16)26)21(24(29)25(27)30)23(28)18-13-17(14(2)3)20(31-5)12-15(18)4/h7-10,12-14,22,28H,6,11H2,1-5H3/b23-21+. The second-order valence-electron chi connectivity index (χ2n) is 8.08. The number of Topliss-reactive ketones (excluding diaryl/α,β-unsaturated/α-hetero) is 1. The fourth-order valence-corrected chi connectivity index (χ4v) is 4.10. The number of hydrogen-bond donors (Lipinski definition) is 1. The largest absolute Gasteiger partial charge is 0.507 e. The monoisotopic (exact) mass is 425 g/mol.